The molecule has 26 heavy (non-hydrogen) atoms. The van der Waals surface area contributed by atoms with Gasteiger partial charge >= 0.3 is 6.03 Å². The molecule has 0 radical (unpaired) electrons. The van der Waals surface area contributed by atoms with Gasteiger partial charge in [0.2, 0.25) is 0 Å². The minimum Gasteiger partial charge on any atom is -0.462 e. The number of furan rings is 1. The fraction of sp³-hybridized carbons (Fsp3) is 0.167. The zero-order valence-electron chi connectivity index (χ0n) is 13.7. The van der Waals surface area contributed by atoms with Crippen molar-refractivity contribution in [2.24, 2.45) is 0 Å². The van der Waals surface area contributed by atoms with Crippen LogP contribution in [0.2, 0.25) is 5.02 Å². The Labute approximate surface area is 158 Å². The molecule has 1 aliphatic heterocycles. The summed E-state index contributed by atoms with van der Waals surface area (Å²) in [5, 5.41) is 5.86. The van der Waals surface area contributed by atoms with Crippen molar-refractivity contribution in [2.45, 2.75) is 19.0 Å². The maximum absolute atomic E-state index is 12.9. The number of hydrogen-bond donors (Lipinski definition) is 1. The highest BCUT2D eigenvalue weighted by Crippen LogP contribution is 2.31. The number of hydrogen-bond acceptors (Lipinski definition) is 5. The Balaban J connectivity index is 1.57. The first-order chi connectivity index (χ1) is 12.5. The molecular formula is C18H14ClN3O3S. The van der Waals surface area contributed by atoms with Crippen LogP contribution in [0.3, 0.4) is 0 Å². The number of carbonyl (C=O) groups excluding carboxylic acids is 2. The third kappa shape index (κ3) is 2.79. The van der Waals surface area contributed by atoms with Gasteiger partial charge in [-0.25, -0.2) is 9.78 Å². The molecule has 132 valence electrons. The van der Waals surface area contributed by atoms with Gasteiger partial charge in [0.05, 0.1) is 18.5 Å². The summed E-state index contributed by atoms with van der Waals surface area (Å²) in [6, 6.07) is 10.0. The SMILES string of the molecule is CC1(c2ccc(Cl)cc2)NC(=O)N(Cc2csc(-c3ccco3)n2)C1=O. The van der Waals surface area contributed by atoms with E-state index in [1.165, 1.54) is 16.2 Å². The van der Waals surface area contributed by atoms with E-state index in [0.29, 0.717) is 27.0 Å². The fourth-order valence-corrected chi connectivity index (χ4v) is 3.78. The van der Waals surface area contributed by atoms with Crippen molar-refractivity contribution in [3.63, 3.8) is 0 Å². The summed E-state index contributed by atoms with van der Waals surface area (Å²) in [6.45, 7) is 1.79. The smallest absolute Gasteiger partial charge is 0.325 e. The van der Waals surface area contributed by atoms with Crippen LogP contribution in [0.1, 0.15) is 18.2 Å². The van der Waals surface area contributed by atoms with Crippen LogP contribution in [0.25, 0.3) is 10.8 Å². The fourth-order valence-electron chi connectivity index (χ4n) is 2.87. The Morgan fingerprint density at radius 2 is 2.04 bits per heavy atom. The van der Waals surface area contributed by atoms with Crippen LogP contribution in [0.5, 0.6) is 0 Å². The molecule has 1 fully saturated rings. The largest absolute Gasteiger partial charge is 0.462 e. The number of imide groups is 1. The third-order valence-corrected chi connectivity index (χ3v) is 5.46. The highest BCUT2D eigenvalue weighted by molar-refractivity contribution is 7.13. The number of urea groups is 1. The number of nitrogens with zero attached hydrogens (tertiary/aromatic N) is 2. The van der Waals surface area contributed by atoms with Crippen LogP contribution in [0, 0.1) is 0 Å². The van der Waals surface area contributed by atoms with Gasteiger partial charge in [0.1, 0.15) is 5.54 Å². The standard InChI is InChI=1S/C18H14ClN3O3S/c1-18(11-4-6-12(19)7-5-11)16(23)22(17(24)21-18)9-13-10-26-15(20-13)14-3-2-8-25-14/h2-8,10H,9H2,1H3,(H,21,24). The van der Waals surface area contributed by atoms with E-state index in [4.69, 9.17) is 16.0 Å². The maximum atomic E-state index is 12.9. The highest BCUT2D eigenvalue weighted by atomic mass is 35.5. The molecule has 4 rings (SSSR count). The molecule has 6 nitrogen and oxygen atoms in total. The van der Waals surface area contributed by atoms with E-state index in [2.05, 4.69) is 10.3 Å². The zero-order valence-corrected chi connectivity index (χ0v) is 15.3. The summed E-state index contributed by atoms with van der Waals surface area (Å²) >= 11 is 7.31. The van der Waals surface area contributed by atoms with Crippen LogP contribution in [0.4, 0.5) is 4.79 Å². The maximum Gasteiger partial charge on any atom is 0.325 e. The molecule has 1 aliphatic rings. The van der Waals surface area contributed by atoms with E-state index in [9.17, 15) is 9.59 Å². The van der Waals surface area contributed by atoms with Crippen molar-refractivity contribution in [1.29, 1.82) is 0 Å². The van der Waals surface area contributed by atoms with Crippen LogP contribution < -0.4 is 5.32 Å². The van der Waals surface area contributed by atoms with Gasteiger partial charge in [-0.3, -0.25) is 9.69 Å². The molecule has 1 N–H and O–H groups in total. The lowest BCUT2D eigenvalue weighted by molar-refractivity contribution is -0.131. The predicted molar refractivity (Wildman–Crippen MR) is 97.7 cm³/mol. The second kappa shape index (κ2) is 6.26. The molecule has 0 aliphatic carbocycles. The topological polar surface area (TPSA) is 75.4 Å². The van der Waals surface area contributed by atoms with E-state index in [-0.39, 0.29) is 12.5 Å². The van der Waals surface area contributed by atoms with Crippen molar-refractivity contribution >= 4 is 34.9 Å². The lowest BCUT2D eigenvalue weighted by Crippen LogP contribution is -2.40. The van der Waals surface area contributed by atoms with E-state index < -0.39 is 11.6 Å². The van der Waals surface area contributed by atoms with Gasteiger partial charge in [-0.05, 0) is 36.8 Å². The Kier molecular flexibility index (Phi) is 4.05. The molecule has 3 aromatic rings. The first-order valence-electron chi connectivity index (χ1n) is 7.86. The van der Waals surface area contributed by atoms with Crippen molar-refractivity contribution in [1.82, 2.24) is 15.2 Å². The molecule has 1 unspecified atom stereocenters. The molecular weight excluding hydrogens is 374 g/mol. The number of thiazole rings is 1. The summed E-state index contributed by atoms with van der Waals surface area (Å²) in [6.07, 6.45) is 1.57. The van der Waals surface area contributed by atoms with Crippen molar-refractivity contribution in [2.75, 3.05) is 0 Å². The van der Waals surface area contributed by atoms with Gasteiger partial charge in [-0.1, -0.05) is 23.7 Å². The second-order valence-electron chi connectivity index (χ2n) is 6.07. The molecule has 8 heteroatoms. The molecule has 0 bridgehead atoms. The van der Waals surface area contributed by atoms with E-state index in [1.54, 1.807) is 43.5 Å². The summed E-state index contributed by atoms with van der Waals surface area (Å²) in [4.78, 5) is 31.0. The molecule has 2 aromatic heterocycles. The number of carbonyl (C=O) groups is 2. The Morgan fingerprint density at radius 3 is 2.73 bits per heavy atom. The predicted octanol–water partition coefficient (Wildman–Crippen LogP) is 4.02. The number of benzene rings is 1. The minimum atomic E-state index is -1.12. The van der Waals surface area contributed by atoms with Gasteiger partial charge in [0.25, 0.3) is 5.91 Å². The number of halogens is 1. The normalized spacial score (nSPS) is 19.8. The molecule has 1 atom stereocenters. The quantitative estimate of drug-likeness (QED) is 0.686. The Hall–Kier alpha value is -2.64. The average Bonchev–Trinajstić information content (AvgIpc) is 3.34. The molecule has 0 saturated carbocycles. The molecule has 1 aromatic carbocycles. The van der Waals surface area contributed by atoms with Crippen LogP contribution in [-0.2, 0) is 16.9 Å². The van der Waals surface area contributed by atoms with Gasteiger partial charge < -0.3 is 9.73 Å². The second-order valence-corrected chi connectivity index (χ2v) is 7.37. The van der Waals surface area contributed by atoms with Crippen molar-refractivity contribution in [3.8, 4) is 10.8 Å². The number of aromatic nitrogens is 1. The summed E-state index contributed by atoms with van der Waals surface area (Å²) in [7, 11) is 0. The third-order valence-electron chi connectivity index (χ3n) is 4.30. The zero-order chi connectivity index (χ0) is 18.3. The molecule has 3 amide bonds. The summed E-state index contributed by atoms with van der Waals surface area (Å²) in [5.41, 5.74) is 0.184. The van der Waals surface area contributed by atoms with E-state index in [1.807, 2.05) is 11.4 Å². The van der Waals surface area contributed by atoms with Gasteiger partial charge in [0.15, 0.2) is 10.8 Å². The Bertz CT molecular complexity index is 968. The summed E-state index contributed by atoms with van der Waals surface area (Å²) in [5.74, 6) is 0.335. The Morgan fingerprint density at radius 1 is 1.27 bits per heavy atom. The molecule has 0 spiro atoms. The van der Waals surface area contributed by atoms with Gasteiger partial charge in [0, 0.05) is 10.4 Å². The van der Waals surface area contributed by atoms with Crippen LogP contribution in [-0.4, -0.2) is 21.8 Å². The van der Waals surface area contributed by atoms with E-state index in [0.717, 1.165) is 0 Å². The van der Waals surface area contributed by atoms with Crippen molar-refractivity contribution < 1.29 is 14.0 Å². The van der Waals surface area contributed by atoms with Crippen LogP contribution >= 0.6 is 22.9 Å². The van der Waals surface area contributed by atoms with E-state index >= 15 is 0 Å². The molecule has 3 heterocycles. The summed E-state index contributed by atoms with van der Waals surface area (Å²) < 4.78 is 5.32. The van der Waals surface area contributed by atoms with Gasteiger partial charge in [-0.15, -0.1) is 11.3 Å². The number of nitrogens with one attached hydrogen (secondary N) is 1. The highest BCUT2D eigenvalue weighted by Gasteiger charge is 2.49. The number of rotatable bonds is 4. The minimum absolute atomic E-state index is 0.102. The average molecular weight is 388 g/mol. The first kappa shape index (κ1) is 16.8. The van der Waals surface area contributed by atoms with Gasteiger partial charge in [-0.2, -0.15) is 0 Å². The lowest BCUT2D eigenvalue weighted by Gasteiger charge is -2.22. The molecule has 1 saturated heterocycles. The van der Waals surface area contributed by atoms with Crippen molar-refractivity contribution in [3.05, 3.63) is 64.3 Å². The number of amides is 3. The monoisotopic (exact) mass is 387 g/mol. The van der Waals surface area contributed by atoms with Crippen LogP contribution in [0.15, 0.2) is 52.5 Å². The lowest BCUT2D eigenvalue weighted by atomic mass is 9.92. The first-order valence-corrected chi connectivity index (χ1v) is 9.11.